The van der Waals surface area contributed by atoms with E-state index in [1.54, 1.807) is 6.20 Å². The predicted molar refractivity (Wildman–Crippen MR) is 169 cm³/mol. The van der Waals surface area contributed by atoms with Crippen molar-refractivity contribution in [2.45, 2.75) is 62.8 Å². The van der Waals surface area contributed by atoms with Crippen molar-refractivity contribution < 1.29 is 22.7 Å². The molecule has 47 heavy (non-hydrogen) atoms. The summed E-state index contributed by atoms with van der Waals surface area (Å²) in [6.45, 7) is 6.18. The van der Waals surface area contributed by atoms with Gasteiger partial charge < -0.3 is 19.4 Å². The smallest absolute Gasteiger partial charge is 0.320 e. The predicted octanol–water partition coefficient (Wildman–Crippen LogP) is 4.47. The molecule has 3 fully saturated rings. The SMILES string of the molecule is C=C(F)C(=O)N1CCN(c2nc(OCC34CCCN3C[C@H](F)C4)nc3c2CCCN3Cc2c(Cl)c(F)cc3[nH]ncc23)C[C@@H]1CC#N. The number of fused-ring (bicyclic) bond motifs is 3. The van der Waals surface area contributed by atoms with Crippen LogP contribution in [-0.2, 0) is 17.8 Å². The van der Waals surface area contributed by atoms with E-state index in [1.165, 1.54) is 11.0 Å². The Morgan fingerprint density at radius 3 is 2.85 bits per heavy atom. The molecule has 11 nitrogen and oxygen atoms in total. The number of ether oxygens (including phenoxy) is 1. The molecule has 0 spiro atoms. The number of nitrogens with one attached hydrogen (secondary N) is 1. The Morgan fingerprint density at radius 2 is 2.04 bits per heavy atom. The van der Waals surface area contributed by atoms with Crippen LogP contribution in [0.3, 0.4) is 0 Å². The van der Waals surface area contributed by atoms with Gasteiger partial charge in [0.2, 0.25) is 0 Å². The van der Waals surface area contributed by atoms with Crippen LogP contribution < -0.4 is 14.5 Å². The first kappa shape index (κ1) is 31.5. The second-order valence-electron chi connectivity index (χ2n) is 12.9. The molecule has 0 bridgehead atoms. The Hall–Kier alpha value is -4.09. The van der Waals surface area contributed by atoms with E-state index in [9.17, 15) is 23.2 Å². The summed E-state index contributed by atoms with van der Waals surface area (Å²) in [4.78, 5) is 29.9. The molecule has 0 saturated carbocycles. The van der Waals surface area contributed by atoms with E-state index in [1.807, 2.05) is 9.80 Å². The van der Waals surface area contributed by atoms with Gasteiger partial charge >= 0.3 is 6.01 Å². The van der Waals surface area contributed by atoms with Crippen molar-refractivity contribution in [3.8, 4) is 12.1 Å². The summed E-state index contributed by atoms with van der Waals surface area (Å²) in [5, 5.41) is 17.1. The average Bonchev–Trinajstić information content (AvgIpc) is 3.76. The lowest BCUT2D eigenvalue weighted by atomic mass is 9.95. The van der Waals surface area contributed by atoms with E-state index in [2.05, 4.69) is 27.7 Å². The van der Waals surface area contributed by atoms with Crippen LogP contribution in [0, 0.1) is 17.1 Å². The van der Waals surface area contributed by atoms with Gasteiger partial charge in [0.25, 0.3) is 5.91 Å². The van der Waals surface area contributed by atoms with Crippen LogP contribution in [-0.4, -0.2) is 99.5 Å². The number of hydrogen-bond donors (Lipinski definition) is 1. The van der Waals surface area contributed by atoms with Gasteiger partial charge in [0.15, 0.2) is 5.83 Å². The fourth-order valence-corrected chi connectivity index (χ4v) is 8.02. The lowest BCUT2D eigenvalue weighted by Crippen LogP contribution is -2.55. The molecule has 15 heteroatoms. The molecule has 1 amide bonds. The summed E-state index contributed by atoms with van der Waals surface area (Å²) in [7, 11) is 0. The van der Waals surface area contributed by atoms with Crippen molar-refractivity contribution in [3.05, 3.63) is 46.6 Å². The molecule has 0 radical (unpaired) electrons. The van der Waals surface area contributed by atoms with E-state index in [0.717, 1.165) is 31.4 Å². The third kappa shape index (κ3) is 5.73. The molecule has 6 heterocycles. The van der Waals surface area contributed by atoms with Crippen molar-refractivity contribution in [3.63, 3.8) is 0 Å². The maximum Gasteiger partial charge on any atom is 0.320 e. The second kappa shape index (κ2) is 12.5. The van der Waals surface area contributed by atoms with Crippen molar-refractivity contribution in [2.75, 3.05) is 55.7 Å². The zero-order valence-corrected chi connectivity index (χ0v) is 26.6. The number of aromatic nitrogens is 4. The maximum absolute atomic E-state index is 14.9. The number of amides is 1. The summed E-state index contributed by atoms with van der Waals surface area (Å²) >= 11 is 6.52. The fourth-order valence-electron chi connectivity index (χ4n) is 7.80. The number of hydrogen-bond acceptors (Lipinski definition) is 9. The van der Waals surface area contributed by atoms with Gasteiger partial charge in [0.05, 0.1) is 40.8 Å². The van der Waals surface area contributed by atoms with Crippen LogP contribution in [0.15, 0.2) is 24.7 Å². The molecule has 7 rings (SSSR count). The molecular formula is C32H35ClF3N9O2. The number of halogens is 4. The Morgan fingerprint density at radius 1 is 1.21 bits per heavy atom. The molecule has 4 aliphatic rings. The normalized spacial score (nSPS) is 24.4. The maximum atomic E-state index is 14.9. The van der Waals surface area contributed by atoms with E-state index in [0.29, 0.717) is 60.6 Å². The van der Waals surface area contributed by atoms with Crippen LogP contribution in [0.1, 0.15) is 43.2 Å². The number of H-pyrrole nitrogens is 1. The van der Waals surface area contributed by atoms with Crippen LogP contribution in [0.5, 0.6) is 6.01 Å². The highest BCUT2D eigenvalue weighted by molar-refractivity contribution is 6.32. The summed E-state index contributed by atoms with van der Waals surface area (Å²) in [6.07, 6.45) is 4.28. The van der Waals surface area contributed by atoms with Crippen LogP contribution in [0.25, 0.3) is 10.9 Å². The largest absolute Gasteiger partial charge is 0.461 e. The number of carbonyl (C=O) groups is 1. The van der Waals surface area contributed by atoms with Crippen LogP contribution >= 0.6 is 11.6 Å². The van der Waals surface area contributed by atoms with Crippen molar-refractivity contribution >= 4 is 40.0 Å². The highest BCUT2D eigenvalue weighted by atomic mass is 35.5. The molecule has 3 aromatic rings. The number of piperazine rings is 1. The number of nitriles is 1. The average molecular weight is 670 g/mol. The van der Waals surface area contributed by atoms with Gasteiger partial charge in [-0.1, -0.05) is 18.2 Å². The molecule has 2 aromatic heterocycles. The lowest BCUT2D eigenvalue weighted by Gasteiger charge is -2.42. The molecule has 1 unspecified atom stereocenters. The molecule has 1 aromatic carbocycles. The number of rotatable bonds is 8. The number of alkyl halides is 1. The number of benzene rings is 1. The first-order chi connectivity index (χ1) is 22.7. The van der Waals surface area contributed by atoms with Gasteiger partial charge in [-0.25, -0.2) is 13.2 Å². The Balaban J connectivity index is 1.26. The van der Waals surface area contributed by atoms with Gasteiger partial charge in [-0.15, -0.1) is 0 Å². The number of aromatic amines is 1. The summed E-state index contributed by atoms with van der Waals surface area (Å²) in [5.74, 6) is -1.25. The highest BCUT2D eigenvalue weighted by Gasteiger charge is 2.49. The van der Waals surface area contributed by atoms with Crippen molar-refractivity contribution in [1.82, 2.24) is 30.0 Å². The molecule has 3 atom stereocenters. The Kier molecular flexibility index (Phi) is 8.38. The van der Waals surface area contributed by atoms with E-state index in [-0.39, 0.29) is 43.7 Å². The molecule has 3 saturated heterocycles. The summed E-state index contributed by atoms with van der Waals surface area (Å²) in [5.41, 5.74) is 1.52. The zero-order valence-electron chi connectivity index (χ0n) is 25.8. The minimum atomic E-state index is -1.07. The van der Waals surface area contributed by atoms with Crippen LogP contribution in [0.2, 0.25) is 5.02 Å². The Labute approximate surface area is 274 Å². The first-order valence-electron chi connectivity index (χ1n) is 15.9. The van der Waals surface area contributed by atoms with Gasteiger partial charge in [-0.3, -0.25) is 14.8 Å². The third-order valence-corrected chi connectivity index (χ3v) is 10.4. The van der Waals surface area contributed by atoms with E-state index < -0.39 is 35.3 Å². The minimum Gasteiger partial charge on any atom is -0.461 e. The number of anilines is 2. The molecule has 1 N–H and O–H groups in total. The second-order valence-corrected chi connectivity index (χ2v) is 13.2. The Bertz CT molecular complexity index is 1770. The summed E-state index contributed by atoms with van der Waals surface area (Å²) < 4.78 is 49.6. The van der Waals surface area contributed by atoms with Gasteiger partial charge in [-0.2, -0.15) is 20.3 Å². The van der Waals surface area contributed by atoms with Gasteiger partial charge in [0, 0.05) is 68.3 Å². The molecular weight excluding hydrogens is 635 g/mol. The fraction of sp³-hybridized carbons (Fsp3) is 0.531. The lowest BCUT2D eigenvalue weighted by molar-refractivity contribution is -0.131. The number of carbonyl (C=O) groups excluding carboxylic acids is 1. The molecule has 4 aliphatic heterocycles. The summed E-state index contributed by atoms with van der Waals surface area (Å²) in [6, 6.07) is 2.97. The van der Waals surface area contributed by atoms with Crippen molar-refractivity contribution in [2.24, 2.45) is 0 Å². The van der Waals surface area contributed by atoms with Gasteiger partial charge in [-0.05, 0) is 32.2 Å². The van der Waals surface area contributed by atoms with Gasteiger partial charge in [0.1, 0.15) is 30.2 Å². The molecule has 248 valence electrons. The highest BCUT2D eigenvalue weighted by Crippen LogP contribution is 2.42. The van der Waals surface area contributed by atoms with E-state index >= 15 is 0 Å². The molecule has 0 aliphatic carbocycles. The van der Waals surface area contributed by atoms with Crippen molar-refractivity contribution in [1.29, 1.82) is 5.26 Å². The van der Waals surface area contributed by atoms with Crippen LogP contribution in [0.4, 0.5) is 24.8 Å². The number of nitrogens with zero attached hydrogens (tertiary/aromatic N) is 8. The van der Waals surface area contributed by atoms with E-state index in [4.69, 9.17) is 26.3 Å². The topological polar surface area (TPSA) is 118 Å². The zero-order chi connectivity index (χ0) is 32.9. The quantitative estimate of drug-likeness (QED) is 0.347. The third-order valence-electron chi connectivity index (χ3n) is 10.0. The monoisotopic (exact) mass is 669 g/mol. The minimum absolute atomic E-state index is 0.000201. The first-order valence-corrected chi connectivity index (χ1v) is 16.3. The standard InChI is InChI=1S/C32H35ClF3N9O2/c1-19(34)30(46)45-11-10-43(16-21(45)5-7-37)29-22-4-2-8-42(17-24-23-14-38-41-26(23)12-25(36)27(24)33)28(22)39-31(40-29)47-18-32-6-3-9-44(32)15-20(35)13-32/h12,14,20-21H,1-6,8-11,13,15-18H2,(H,38,41)/t20-,21+,32?/m1/s1.